The molecule has 35 heavy (non-hydrogen) atoms. The molecule has 0 aliphatic heterocycles. The summed E-state index contributed by atoms with van der Waals surface area (Å²) < 4.78 is 16.6. The first-order valence-electron chi connectivity index (χ1n) is 12.2. The van der Waals surface area contributed by atoms with Crippen LogP contribution >= 0.6 is 11.3 Å². The van der Waals surface area contributed by atoms with Gasteiger partial charge in [-0.3, -0.25) is 0 Å². The maximum atomic E-state index is 14.4. The van der Waals surface area contributed by atoms with Gasteiger partial charge in [-0.05, 0) is 55.2 Å². The molecule has 2 heterocycles. The Morgan fingerprint density at radius 1 is 1.17 bits per heavy atom. The first-order chi connectivity index (χ1) is 16.8. The number of thiophene rings is 1. The van der Waals surface area contributed by atoms with Crippen molar-refractivity contribution in [1.82, 2.24) is 4.57 Å². The summed E-state index contributed by atoms with van der Waals surface area (Å²) in [5, 5.41) is 11.8. The molecule has 2 aromatic carbocycles. The molecule has 5 rings (SSSR count). The van der Waals surface area contributed by atoms with Crippen molar-refractivity contribution in [3.63, 3.8) is 0 Å². The monoisotopic (exact) mass is 483 g/mol. The normalized spacial score (nSPS) is 16.1. The van der Waals surface area contributed by atoms with Crippen LogP contribution < -0.4 is 0 Å². The Morgan fingerprint density at radius 2 is 1.91 bits per heavy atom. The first-order valence-corrected chi connectivity index (χ1v) is 13.0. The Morgan fingerprint density at radius 3 is 2.66 bits per heavy atom. The molecule has 0 saturated carbocycles. The van der Waals surface area contributed by atoms with Crippen molar-refractivity contribution >= 4 is 33.5 Å². The van der Waals surface area contributed by atoms with Crippen molar-refractivity contribution in [3.8, 4) is 6.07 Å². The molecule has 1 aliphatic carbocycles. The SMILES string of the molecule is Cc1c(C=Nc2sc3c(c2C#N)CC[C@H](C(C)(C)C)C3)c2ccccc2n1Cc1ccccc1F. The van der Waals surface area contributed by atoms with Crippen molar-refractivity contribution in [1.29, 1.82) is 5.26 Å². The zero-order valence-electron chi connectivity index (χ0n) is 20.7. The third-order valence-corrected chi connectivity index (χ3v) is 8.62. The van der Waals surface area contributed by atoms with Gasteiger partial charge in [-0.15, -0.1) is 11.3 Å². The molecule has 0 saturated heterocycles. The maximum absolute atomic E-state index is 14.4. The molecule has 5 heteroatoms. The lowest BCUT2D eigenvalue weighted by molar-refractivity contribution is 0.218. The molecule has 1 aliphatic rings. The van der Waals surface area contributed by atoms with Crippen LogP contribution in [0, 0.1) is 35.4 Å². The van der Waals surface area contributed by atoms with E-state index < -0.39 is 0 Å². The van der Waals surface area contributed by atoms with Crippen molar-refractivity contribution in [2.24, 2.45) is 16.3 Å². The molecule has 0 unspecified atom stereocenters. The smallest absolute Gasteiger partial charge is 0.134 e. The predicted molar refractivity (Wildman–Crippen MR) is 143 cm³/mol. The van der Waals surface area contributed by atoms with Crippen molar-refractivity contribution < 1.29 is 4.39 Å². The minimum Gasteiger partial charge on any atom is -0.340 e. The van der Waals surface area contributed by atoms with E-state index in [-0.39, 0.29) is 11.2 Å². The van der Waals surface area contributed by atoms with Crippen molar-refractivity contribution in [2.75, 3.05) is 0 Å². The van der Waals surface area contributed by atoms with Gasteiger partial charge >= 0.3 is 0 Å². The molecule has 0 radical (unpaired) electrons. The molecule has 0 bridgehead atoms. The van der Waals surface area contributed by atoms with Crippen LogP contribution in [-0.4, -0.2) is 10.8 Å². The van der Waals surface area contributed by atoms with Crippen LogP contribution in [0.5, 0.6) is 0 Å². The number of nitriles is 1. The van der Waals surface area contributed by atoms with Gasteiger partial charge in [0.15, 0.2) is 0 Å². The zero-order chi connectivity index (χ0) is 24.7. The highest BCUT2D eigenvalue weighted by atomic mass is 32.1. The van der Waals surface area contributed by atoms with Gasteiger partial charge in [0.05, 0.1) is 12.1 Å². The standard InChI is InChI=1S/C30H30FN3S/c1-19-25(22-10-6-8-12-27(22)34(19)18-20-9-5-7-11-26(20)31)17-33-29-24(16-32)23-14-13-21(30(2,3)4)15-28(23)35-29/h5-12,17,21H,13-15,18H2,1-4H3/t21-/m0/s1. The zero-order valence-corrected chi connectivity index (χ0v) is 21.5. The molecule has 178 valence electrons. The van der Waals surface area contributed by atoms with Gasteiger partial charge in [0.1, 0.15) is 16.9 Å². The summed E-state index contributed by atoms with van der Waals surface area (Å²) in [6, 6.07) is 17.5. The average Bonchev–Trinajstić information content (AvgIpc) is 3.32. The lowest BCUT2D eigenvalue weighted by Crippen LogP contribution is -2.26. The number of benzene rings is 2. The van der Waals surface area contributed by atoms with Crippen LogP contribution in [0.1, 0.15) is 60.0 Å². The topological polar surface area (TPSA) is 41.1 Å². The van der Waals surface area contributed by atoms with Crippen LogP contribution in [0.4, 0.5) is 9.39 Å². The van der Waals surface area contributed by atoms with Crippen LogP contribution in [0.25, 0.3) is 10.9 Å². The number of nitrogens with zero attached hydrogens (tertiary/aromatic N) is 3. The molecular weight excluding hydrogens is 453 g/mol. The Kier molecular flexibility index (Phi) is 6.11. The summed E-state index contributed by atoms with van der Waals surface area (Å²) in [6.45, 7) is 9.43. The van der Waals surface area contributed by atoms with Gasteiger partial charge in [-0.2, -0.15) is 5.26 Å². The Labute approximate surface area is 210 Å². The lowest BCUT2D eigenvalue weighted by atomic mass is 9.72. The quantitative estimate of drug-likeness (QED) is 0.271. The molecule has 0 fully saturated rings. The van der Waals surface area contributed by atoms with E-state index in [1.165, 1.54) is 16.5 Å². The molecule has 3 nitrogen and oxygen atoms in total. The van der Waals surface area contributed by atoms with Crippen LogP contribution in [0.15, 0.2) is 53.5 Å². The fourth-order valence-electron chi connectivity index (χ4n) is 5.26. The summed E-state index contributed by atoms with van der Waals surface area (Å²) in [5.41, 5.74) is 5.95. The summed E-state index contributed by atoms with van der Waals surface area (Å²) >= 11 is 1.67. The van der Waals surface area contributed by atoms with Gasteiger partial charge in [-0.25, -0.2) is 9.38 Å². The second-order valence-corrected chi connectivity index (χ2v) is 11.6. The number of halogens is 1. The van der Waals surface area contributed by atoms with Crippen LogP contribution in [-0.2, 0) is 19.4 Å². The third kappa shape index (κ3) is 4.32. The average molecular weight is 484 g/mol. The second kappa shape index (κ2) is 9.09. The highest BCUT2D eigenvalue weighted by Crippen LogP contribution is 2.45. The number of rotatable bonds is 4. The number of aromatic nitrogens is 1. The number of para-hydroxylation sites is 1. The fourth-order valence-corrected chi connectivity index (χ4v) is 6.48. The maximum Gasteiger partial charge on any atom is 0.134 e. The molecular formula is C30H30FN3S. The van der Waals surface area contributed by atoms with Crippen molar-refractivity contribution in [2.45, 2.75) is 53.5 Å². The highest BCUT2D eigenvalue weighted by Gasteiger charge is 2.32. The van der Waals surface area contributed by atoms with E-state index in [0.29, 0.717) is 18.0 Å². The van der Waals surface area contributed by atoms with E-state index in [1.807, 2.05) is 30.5 Å². The van der Waals surface area contributed by atoms with Gasteiger partial charge in [0.2, 0.25) is 0 Å². The number of fused-ring (bicyclic) bond motifs is 2. The minimum atomic E-state index is -0.198. The first kappa shape index (κ1) is 23.5. The van der Waals surface area contributed by atoms with Gasteiger partial charge in [0, 0.05) is 38.8 Å². The number of aliphatic imine (C=N–C) groups is 1. The number of hydrogen-bond donors (Lipinski definition) is 0. The summed E-state index contributed by atoms with van der Waals surface area (Å²) in [5.74, 6) is 0.423. The van der Waals surface area contributed by atoms with E-state index in [9.17, 15) is 9.65 Å². The molecule has 0 spiro atoms. The van der Waals surface area contributed by atoms with Crippen LogP contribution in [0.3, 0.4) is 0 Å². The molecule has 1 atom stereocenters. The van der Waals surface area contributed by atoms with Gasteiger partial charge < -0.3 is 4.57 Å². The van der Waals surface area contributed by atoms with Gasteiger partial charge in [0.25, 0.3) is 0 Å². The highest BCUT2D eigenvalue weighted by molar-refractivity contribution is 7.16. The predicted octanol–water partition coefficient (Wildman–Crippen LogP) is 7.97. The molecule has 2 aromatic heterocycles. The fraction of sp³-hybridized carbons (Fsp3) is 0.333. The summed E-state index contributed by atoms with van der Waals surface area (Å²) in [7, 11) is 0. The number of hydrogen-bond acceptors (Lipinski definition) is 3. The molecule has 0 amide bonds. The third-order valence-electron chi connectivity index (χ3n) is 7.46. The summed E-state index contributed by atoms with van der Waals surface area (Å²) in [6.07, 6.45) is 4.99. The van der Waals surface area contributed by atoms with Crippen LogP contribution in [0.2, 0.25) is 0 Å². The van der Waals surface area contributed by atoms with E-state index in [2.05, 4.69) is 50.5 Å². The Hall–Kier alpha value is -3.23. The Balaban J connectivity index is 1.54. The summed E-state index contributed by atoms with van der Waals surface area (Å²) in [4.78, 5) is 6.19. The van der Waals surface area contributed by atoms with E-state index in [4.69, 9.17) is 4.99 Å². The van der Waals surface area contributed by atoms with Gasteiger partial charge in [-0.1, -0.05) is 57.2 Å². The van der Waals surface area contributed by atoms with E-state index in [0.717, 1.165) is 52.0 Å². The second-order valence-electron chi connectivity index (χ2n) is 10.6. The molecule has 0 N–H and O–H groups in total. The lowest BCUT2D eigenvalue weighted by Gasteiger charge is -2.33. The van der Waals surface area contributed by atoms with E-state index >= 15 is 0 Å². The largest absolute Gasteiger partial charge is 0.340 e. The minimum absolute atomic E-state index is 0.198. The Bertz CT molecular complexity index is 1480. The van der Waals surface area contributed by atoms with E-state index in [1.54, 1.807) is 17.4 Å². The van der Waals surface area contributed by atoms with Crippen molar-refractivity contribution in [3.05, 3.63) is 87.2 Å². The molecule has 4 aromatic rings.